The van der Waals surface area contributed by atoms with Gasteiger partial charge in [-0.15, -0.1) is 0 Å². The zero-order valence-electron chi connectivity index (χ0n) is 14.3. The Morgan fingerprint density at radius 2 is 1.88 bits per heavy atom. The van der Waals surface area contributed by atoms with Gasteiger partial charge in [-0.1, -0.05) is 36.5 Å². The molecule has 0 spiro atoms. The van der Waals surface area contributed by atoms with Gasteiger partial charge in [0.2, 0.25) is 0 Å². The van der Waals surface area contributed by atoms with Gasteiger partial charge in [-0.25, -0.2) is 4.39 Å². The Bertz CT molecular complexity index is 878. The zero-order valence-corrected chi connectivity index (χ0v) is 15.8. The molecule has 1 amide bonds. The molecule has 7 heteroatoms. The molecule has 1 heterocycles. The number of carbonyl (C=O) groups is 1. The molecular weight excluding hydrogens is 366 g/mol. The summed E-state index contributed by atoms with van der Waals surface area (Å²) in [6.07, 6.45) is 1.80. The van der Waals surface area contributed by atoms with E-state index in [0.29, 0.717) is 6.54 Å². The van der Waals surface area contributed by atoms with Crippen molar-refractivity contribution in [3.05, 3.63) is 61.2 Å². The van der Waals surface area contributed by atoms with Crippen LogP contribution >= 0.6 is 23.2 Å². The molecule has 1 aromatic heterocycles. The number of rotatable bonds is 5. The third kappa shape index (κ3) is 4.22. The van der Waals surface area contributed by atoms with Gasteiger partial charge >= 0.3 is 0 Å². The van der Waals surface area contributed by atoms with Gasteiger partial charge in [0.05, 0.1) is 15.6 Å². The number of carbonyl (C=O) groups excluding carboxylic acids is 1. The maximum absolute atomic E-state index is 13.6. The van der Waals surface area contributed by atoms with Crippen LogP contribution in [0.2, 0.25) is 10.0 Å². The van der Waals surface area contributed by atoms with Crippen LogP contribution in [0.25, 0.3) is 0 Å². The molecule has 0 atom stereocenters. The number of aromatic nitrogens is 1. The van der Waals surface area contributed by atoms with Gasteiger partial charge in [0.25, 0.3) is 11.5 Å². The molecule has 1 N–H and O–H groups in total. The second kappa shape index (κ2) is 8.02. The van der Waals surface area contributed by atoms with Crippen LogP contribution in [0.15, 0.2) is 23.0 Å². The topological polar surface area (TPSA) is 51.1 Å². The van der Waals surface area contributed by atoms with Gasteiger partial charge in [-0.05, 0) is 44.0 Å². The summed E-state index contributed by atoms with van der Waals surface area (Å²) in [5.74, 6) is -1.42. The van der Waals surface area contributed by atoms with E-state index in [-0.39, 0.29) is 26.9 Å². The lowest BCUT2D eigenvalue weighted by molar-refractivity contribution is 0.102. The molecule has 0 unspecified atom stereocenters. The van der Waals surface area contributed by atoms with E-state index in [4.69, 9.17) is 23.2 Å². The number of hydrogen-bond donors (Lipinski definition) is 1. The molecule has 2 rings (SSSR count). The van der Waals surface area contributed by atoms with Crippen LogP contribution in [0.4, 0.5) is 10.1 Å². The first kappa shape index (κ1) is 19.5. The summed E-state index contributed by atoms with van der Waals surface area (Å²) in [6.45, 7) is 6.34. The van der Waals surface area contributed by atoms with Crippen LogP contribution in [0.5, 0.6) is 0 Å². The fourth-order valence-corrected chi connectivity index (χ4v) is 2.92. The van der Waals surface area contributed by atoms with Crippen molar-refractivity contribution in [3.8, 4) is 0 Å². The summed E-state index contributed by atoms with van der Waals surface area (Å²) in [7, 11) is 0. The molecule has 0 aliphatic heterocycles. The highest BCUT2D eigenvalue weighted by Gasteiger charge is 2.17. The quantitative estimate of drug-likeness (QED) is 0.740. The second-order valence-electron chi connectivity index (χ2n) is 5.84. The molecule has 134 valence electrons. The lowest BCUT2D eigenvalue weighted by Crippen LogP contribution is -2.28. The van der Waals surface area contributed by atoms with Gasteiger partial charge < -0.3 is 9.88 Å². The highest BCUT2D eigenvalue weighted by molar-refractivity contribution is 6.37. The van der Waals surface area contributed by atoms with Crippen molar-refractivity contribution in [3.63, 3.8) is 0 Å². The van der Waals surface area contributed by atoms with Gasteiger partial charge in [-0.3, -0.25) is 9.59 Å². The monoisotopic (exact) mass is 384 g/mol. The number of pyridine rings is 1. The van der Waals surface area contributed by atoms with E-state index < -0.39 is 11.7 Å². The van der Waals surface area contributed by atoms with Crippen molar-refractivity contribution in [2.45, 2.75) is 40.2 Å². The Labute approximate surface area is 155 Å². The van der Waals surface area contributed by atoms with Crippen LogP contribution in [0, 0.1) is 19.7 Å². The largest absolute Gasteiger partial charge is 0.317 e. The van der Waals surface area contributed by atoms with Crippen LogP contribution < -0.4 is 10.9 Å². The number of aryl methyl sites for hydroxylation is 1. The Kier molecular flexibility index (Phi) is 6.25. The number of amides is 1. The smallest absolute Gasteiger partial charge is 0.274 e. The summed E-state index contributed by atoms with van der Waals surface area (Å²) in [4.78, 5) is 25.1. The van der Waals surface area contributed by atoms with Crippen LogP contribution in [0.1, 0.15) is 41.4 Å². The molecule has 0 bridgehead atoms. The summed E-state index contributed by atoms with van der Waals surface area (Å²) in [6, 6.07) is 3.72. The average molecular weight is 385 g/mol. The van der Waals surface area contributed by atoms with E-state index in [1.165, 1.54) is 0 Å². The maximum atomic E-state index is 13.6. The normalized spacial score (nSPS) is 10.8. The third-order valence-corrected chi connectivity index (χ3v) is 4.65. The second-order valence-corrected chi connectivity index (χ2v) is 6.65. The minimum Gasteiger partial charge on any atom is -0.317 e. The van der Waals surface area contributed by atoms with Gasteiger partial charge in [-0.2, -0.15) is 0 Å². The van der Waals surface area contributed by atoms with Crippen molar-refractivity contribution in [2.24, 2.45) is 0 Å². The molecule has 1 aromatic carbocycles. The fourth-order valence-electron chi connectivity index (χ4n) is 2.45. The van der Waals surface area contributed by atoms with E-state index in [1.807, 2.05) is 20.8 Å². The Morgan fingerprint density at radius 3 is 2.52 bits per heavy atom. The van der Waals surface area contributed by atoms with Crippen molar-refractivity contribution in [2.75, 3.05) is 5.32 Å². The molecule has 25 heavy (non-hydrogen) atoms. The number of hydrogen-bond acceptors (Lipinski definition) is 2. The minimum absolute atomic E-state index is 0.0130. The Hall–Kier alpha value is -1.85. The molecule has 0 aliphatic carbocycles. The summed E-state index contributed by atoms with van der Waals surface area (Å²) in [5.41, 5.74) is 1.48. The van der Waals surface area contributed by atoms with Gasteiger partial charge in [0, 0.05) is 12.2 Å². The van der Waals surface area contributed by atoms with Gasteiger partial charge in [0.1, 0.15) is 11.5 Å². The van der Waals surface area contributed by atoms with Gasteiger partial charge in [0.15, 0.2) is 0 Å². The first-order valence-corrected chi connectivity index (χ1v) is 8.68. The number of benzene rings is 1. The van der Waals surface area contributed by atoms with Crippen LogP contribution in [0.3, 0.4) is 0 Å². The Balaban J connectivity index is 2.40. The lowest BCUT2D eigenvalue weighted by Gasteiger charge is -2.15. The van der Waals surface area contributed by atoms with Crippen molar-refractivity contribution in [1.29, 1.82) is 0 Å². The first-order chi connectivity index (χ1) is 11.8. The number of unbranched alkanes of at least 4 members (excludes halogenated alkanes) is 1. The van der Waals surface area contributed by atoms with E-state index >= 15 is 0 Å². The summed E-state index contributed by atoms with van der Waals surface area (Å²) in [5, 5.41) is 2.37. The minimum atomic E-state index is -0.753. The Morgan fingerprint density at radius 1 is 1.20 bits per heavy atom. The highest BCUT2D eigenvalue weighted by Crippen LogP contribution is 2.25. The average Bonchev–Trinajstić information content (AvgIpc) is 2.55. The highest BCUT2D eigenvalue weighted by atomic mass is 35.5. The molecule has 0 radical (unpaired) electrons. The SMILES string of the molecule is CCCCn1c(C)c(C)cc(NC(=O)c2cc(F)c(Cl)cc2Cl)c1=O. The van der Waals surface area contributed by atoms with E-state index in [9.17, 15) is 14.0 Å². The van der Waals surface area contributed by atoms with E-state index in [0.717, 1.165) is 36.2 Å². The van der Waals surface area contributed by atoms with Crippen molar-refractivity contribution < 1.29 is 9.18 Å². The maximum Gasteiger partial charge on any atom is 0.274 e. The first-order valence-electron chi connectivity index (χ1n) is 7.93. The number of anilines is 1. The van der Waals surface area contributed by atoms with Crippen molar-refractivity contribution in [1.82, 2.24) is 4.57 Å². The molecular formula is C18H19Cl2FN2O2. The molecule has 2 aromatic rings. The van der Waals surface area contributed by atoms with E-state index in [1.54, 1.807) is 10.6 Å². The third-order valence-electron chi connectivity index (χ3n) is 4.05. The zero-order chi connectivity index (χ0) is 18.7. The standard InChI is InChI=1S/C18H19Cl2FN2O2/c1-4-5-6-23-11(3)10(2)7-16(18(23)25)22-17(24)12-8-15(21)14(20)9-13(12)19/h7-9H,4-6H2,1-3H3,(H,22,24). The number of nitrogens with one attached hydrogen (secondary N) is 1. The van der Waals surface area contributed by atoms with Crippen molar-refractivity contribution >= 4 is 34.8 Å². The molecule has 0 fully saturated rings. The molecule has 0 saturated carbocycles. The van der Waals surface area contributed by atoms with Crippen LogP contribution in [-0.4, -0.2) is 10.5 Å². The predicted molar refractivity (Wildman–Crippen MR) is 99.5 cm³/mol. The molecule has 0 aliphatic rings. The molecule has 4 nitrogen and oxygen atoms in total. The molecule has 0 saturated heterocycles. The number of halogens is 3. The van der Waals surface area contributed by atoms with E-state index in [2.05, 4.69) is 5.32 Å². The lowest BCUT2D eigenvalue weighted by atomic mass is 10.1. The summed E-state index contributed by atoms with van der Waals surface area (Å²) < 4.78 is 15.3. The number of nitrogens with zero attached hydrogens (tertiary/aromatic N) is 1. The summed E-state index contributed by atoms with van der Waals surface area (Å²) >= 11 is 11.6. The predicted octanol–water partition coefficient (Wildman–Crippen LogP) is 4.96. The fraction of sp³-hybridized carbons (Fsp3) is 0.333. The van der Waals surface area contributed by atoms with Crippen LogP contribution in [-0.2, 0) is 6.54 Å².